The van der Waals surface area contributed by atoms with Crippen molar-refractivity contribution in [2.75, 3.05) is 26.2 Å². The zero-order valence-corrected chi connectivity index (χ0v) is 16.5. The van der Waals surface area contributed by atoms with Crippen LogP contribution in [0.3, 0.4) is 0 Å². The van der Waals surface area contributed by atoms with Crippen molar-refractivity contribution in [3.8, 4) is 0 Å². The Morgan fingerprint density at radius 1 is 1.07 bits per heavy atom. The summed E-state index contributed by atoms with van der Waals surface area (Å²) in [5, 5.41) is 6.76. The van der Waals surface area contributed by atoms with Crippen molar-refractivity contribution in [2.24, 2.45) is 11.8 Å². The number of amides is 1. The number of fused-ring (bicyclic) bond motifs is 1. The minimum atomic E-state index is -0.116. The van der Waals surface area contributed by atoms with Gasteiger partial charge in [0.05, 0.1) is 5.92 Å². The number of nitrogens with zero attached hydrogens (tertiary/aromatic N) is 4. The number of aromatic amines is 1. The highest BCUT2D eigenvalue weighted by Gasteiger charge is 2.39. The molecule has 0 aliphatic carbocycles. The lowest BCUT2D eigenvalue weighted by atomic mass is 9.82. The Kier molecular flexibility index (Phi) is 5.66. The number of likely N-dealkylation sites (tertiary alicyclic amines) is 1. The smallest absolute Gasteiger partial charge is 0.342 e. The zero-order valence-electron chi connectivity index (χ0n) is 16.5. The predicted molar refractivity (Wildman–Crippen MR) is 103 cm³/mol. The summed E-state index contributed by atoms with van der Waals surface area (Å²) in [7, 11) is 0. The Morgan fingerprint density at radius 3 is 2.63 bits per heavy atom. The van der Waals surface area contributed by atoms with Gasteiger partial charge in [0, 0.05) is 32.1 Å². The molecule has 1 amide bonds. The normalized spacial score (nSPS) is 27.5. The minimum absolute atomic E-state index is 0.116. The number of piperidine rings is 3. The summed E-state index contributed by atoms with van der Waals surface area (Å²) in [6.45, 7) is 6.70. The van der Waals surface area contributed by atoms with E-state index >= 15 is 0 Å². The fraction of sp³-hybridized carbons (Fsp3) is 0.850. The van der Waals surface area contributed by atoms with Crippen LogP contribution in [0.15, 0.2) is 4.79 Å². The summed E-state index contributed by atoms with van der Waals surface area (Å²) < 4.78 is 1.72. The molecular formula is C20H33N5O2. The fourth-order valence-corrected chi connectivity index (χ4v) is 5.43. The lowest BCUT2D eigenvalue weighted by Crippen LogP contribution is -2.54. The van der Waals surface area contributed by atoms with Crippen LogP contribution < -0.4 is 5.69 Å². The van der Waals surface area contributed by atoms with Crippen molar-refractivity contribution in [2.45, 2.75) is 70.9 Å². The van der Waals surface area contributed by atoms with Crippen LogP contribution in [0.25, 0.3) is 0 Å². The van der Waals surface area contributed by atoms with Crippen LogP contribution in [0.5, 0.6) is 0 Å². The van der Waals surface area contributed by atoms with E-state index in [1.54, 1.807) is 4.57 Å². The Balaban J connectivity index is 1.33. The number of hydrogen-bond donors (Lipinski definition) is 1. The molecule has 0 radical (unpaired) electrons. The van der Waals surface area contributed by atoms with E-state index in [4.69, 9.17) is 0 Å². The second kappa shape index (κ2) is 8.17. The van der Waals surface area contributed by atoms with E-state index in [9.17, 15) is 9.59 Å². The Morgan fingerprint density at radius 2 is 1.85 bits per heavy atom. The Labute approximate surface area is 161 Å². The largest absolute Gasteiger partial charge is 0.343 e. The van der Waals surface area contributed by atoms with E-state index in [1.165, 1.54) is 32.4 Å². The highest BCUT2D eigenvalue weighted by Crippen LogP contribution is 2.33. The van der Waals surface area contributed by atoms with Gasteiger partial charge in [0.15, 0.2) is 0 Å². The van der Waals surface area contributed by atoms with Gasteiger partial charge in [-0.25, -0.2) is 9.89 Å². The molecule has 0 spiro atoms. The molecule has 0 bridgehead atoms. The van der Waals surface area contributed by atoms with Gasteiger partial charge in [-0.05, 0) is 64.5 Å². The minimum Gasteiger partial charge on any atom is -0.342 e. The third-order valence-electron chi connectivity index (χ3n) is 6.96. The summed E-state index contributed by atoms with van der Waals surface area (Å²) >= 11 is 0. The molecule has 2 atom stereocenters. The lowest BCUT2D eigenvalue weighted by Gasteiger charge is -2.45. The monoisotopic (exact) mass is 375 g/mol. The molecule has 4 heterocycles. The summed E-state index contributed by atoms with van der Waals surface area (Å²) in [6.07, 6.45) is 8.84. The Bertz CT molecular complexity index is 701. The predicted octanol–water partition coefficient (Wildman–Crippen LogP) is 1.64. The van der Waals surface area contributed by atoms with Crippen molar-refractivity contribution in [1.82, 2.24) is 24.6 Å². The quantitative estimate of drug-likeness (QED) is 0.868. The van der Waals surface area contributed by atoms with Crippen LogP contribution in [0.2, 0.25) is 0 Å². The van der Waals surface area contributed by atoms with Crippen molar-refractivity contribution in [3.05, 3.63) is 16.3 Å². The van der Waals surface area contributed by atoms with Gasteiger partial charge < -0.3 is 4.90 Å². The highest BCUT2D eigenvalue weighted by molar-refractivity contribution is 5.79. The van der Waals surface area contributed by atoms with E-state index in [2.05, 4.69) is 20.0 Å². The number of H-pyrrole nitrogens is 1. The maximum Gasteiger partial charge on any atom is 0.343 e. The molecule has 0 saturated carbocycles. The summed E-state index contributed by atoms with van der Waals surface area (Å²) in [5.41, 5.74) is -0.116. The van der Waals surface area contributed by atoms with E-state index in [1.807, 2.05) is 6.92 Å². The lowest BCUT2D eigenvalue weighted by molar-refractivity contribution is -0.142. The van der Waals surface area contributed by atoms with E-state index in [-0.39, 0.29) is 11.6 Å². The highest BCUT2D eigenvalue weighted by atomic mass is 16.2. The van der Waals surface area contributed by atoms with E-state index in [0.717, 1.165) is 51.0 Å². The second-order valence-electron chi connectivity index (χ2n) is 8.51. The first-order chi connectivity index (χ1) is 13.2. The molecule has 0 unspecified atom stereocenters. The SMILES string of the molecule is CCn1c(CC2CCN(C(=O)[C@@H]3CCCN4CCCC[C@H]34)CC2)n[nH]c1=O. The van der Waals surface area contributed by atoms with Gasteiger partial charge >= 0.3 is 5.69 Å². The molecule has 27 heavy (non-hydrogen) atoms. The van der Waals surface area contributed by atoms with Gasteiger partial charge in [-0.1, -0.05) is 6.42 Å². The second-order valence-corrected chi connectivity index (χ2v) is 8.51. The number of hydrogen-bond acceptors (Lipinski definition) is 4. The third-order valence-corrected chi connectivity index (χ3v) is 6.96. The van der Waals surface area contributed by atoms with Crippen LogP contribution in [-0.2, 0) is 17.8 Å². The molecule has 7 nitrogen and oxygen atoms in total. The molecule has 1 aromatic heterocycles. The summed E-state index contributed by atoms with van der Waals surface area (Å²) in [6, 6.07) is 0.487. The van der Waals surface area contributed by atoms with Crippen LogP contribution >= 0.6 is 0 Å². The molecule has 4 rings (SSSR count). The first-order valence-electron chi connectivity index (χ1n) is 10.8. The molecule has 1 N–H and O–H groups in total. The summed E-state index contributed by atoms with van der Waals surface area (Å²) in [5.74, 6) is 1.98. The third kappa shape index (κ3) is 3.84. The van der Waals surface area contributed by atoms with E-state index in [0.29, 0.717) is 24.4 Å². The van der Waals surface area contributed by atoms with Crippen molar-refractivity contribution in [3.63, 3.8) is 0 Å². The van der Waals surface area contributed by atoms with Gasteiger partial charge in [0.2, 0.25) is 5.91 Å². The van der Waals surface area contributed by atoms with Gasteiger partial charge in [-0.2, -0.15) is 5.10 Å². The number of carbonyl (C=O) groups excluding carboxylic acids is 1. The van der Waals surface area contributed by atoms with Crippen LogP contribution in [0, 0.1) is 11.8 Å². The molecule has 3 fully saturated rings. The maximum absolute atomic E-state index is 13.2. The fourth-order valence-electron chi connectivity index (χ4n) is 5.43. The molecular weight excluding hydrogens is 342 g/mol. The van der Waals surface area contributed by atoms with Crippen molar-refractivity contribution < 1.29 is 4.79 Å². The first-order valence-corrected chi connectivity index (χ1v) is 10.8. The summed E-state index contributed by atoms with van der Waals surface area (Å²) in [4.78, 5) is 29.6. The van der Waals surface area contributed by atoms with Gasteiger partial charge in [-0.3, -0.25) is 14.3 Å². The van der Waals surface area contributed by atoms with Gasteiger partial charge in [0.1, 0.15) is 5.82 Å². The van der Waals surface area contributed by atoms with Crippen LogP contribution in [0.4, 0.5) is 0 Å². The molecule has 0 aromatic carbocycles. The Hall–Kier alpha value is -1.63. The molecule has 150 valence electrons. The molecule has 3 saturated heterocycles. The molecule has 1 aromatic rings. The first kappa shape index (κ1) is 18.7. The standard InChI is InChI=1S/C20H33N5O2/c1-2-25-18(21-22-20(25)27)14-15-8-12-24(13-9-15)19(26)16-6-5-11-23-10-4-3-7-17(16)23/h15-17H,2-14H2,1H3,(H,22,27)/t16-,17-/m1/s1. The van der Waals surface area contributed by atoms with Crippen molar-refractivity contribution in [1.29, 1.82) is 0 Å². The van der Waals surface area contributed by atoms with E-state index < -0.39 is 0 Å². The number of carbonyl (C=O) groups is 1. The number of rotatable bonds is 4. The molecule has 7 heteroatoms. The van der Waals surface area contributed by atoms with Crippen molar-refractivity contribution >= 4 is 5.91 Å². The topological polar surface area (TPSA) is 74.2 Å². The van der Waals surface area contributed by atoms with Crippen LogP contribution in [0.1, 0.15) is 57.7 Å². The zero-order chi connectivity index (χ0) is 18.8. The maximum atomic E-state index is 13.2. The average molecular weight is 376 g/mol. The van der Waals surface area contributed by atoms with Crippen LogP contribution in [-0.4, -0.2) is 62.7 Å². The number of nitrogens with one attached hydrogen (secondary N) is 1. The molecule has 3 aliphatic rings. The van der Waals surface area contributed by atoms with Gasteiger partial charge in [0.25, 0.3) is 0 Å². The number of aromatic nitrogens is 3. The average Bonchev–Trinajstić information content (AvgIpc) is 3.06. The van der Waals surface area contributed by atoms with Gasteiger partial charge in [-0.15, -0.1) is 0 Å². The molecule has 3 aliphatic heterocycles.